The van der Waals surface area contributed by atoms with Crippen LogP contribution in [0.2, 0.25) is 0 Å². The lowest BCUT2D eigenvalue weighted by Crippen LogP contribution is -2.09. The SMILES string of the molecule is C=CCn1c(COc2ccccc2OC)nnc1SCC(=O)c1ccc(F)cc1. The minimum absolute atomic E-state index is 0.116. The Kier molecular flexibility index (Phi) is 7.02. The molecule has 0 aliphatic carbocycles. The summed E-state index contributed by atoms with van der Waals surface area (Å²) in [6, 6.07) is 12.8. The topological polar surface area (TPSA) is 66.2 Å². The fraction of sp³-hybridized carbons (Fsp3) is 0.190. The summed E-state index contributed by atoms with van der Waals surface area (Å²) in [5.41, 5.74) is 0.452. The Balaban J connectivity index is 1.68. The maximum absolute atomic E-state index is 13.0. The number of carbonyl (C=O) groups excluding carboxylic acids is 1. The van der Waals surface area contributed by atoms with Crippen LogP contribution in [0, 0.1) is 5.82 Å². The van der Waals surface area contributed by atoms with E-state index in [1.54, 1.807) is 13.2 Å². The van der Waals surface area contributed by atoms with E-state index in [0.717, 1.165) is 0 Å². The van der Waals surface area contributed by atoms with Crippen molar-refractivity contribution in [1.82, 2.24) is 14.8 Å². The highest BCUT2D eigenvalue weighted by molar-refractivity contribution is 7.99. The van der Waals surface area contributed by atoms with Gasteiger partial charge in [0, 0.05) is 12.1 Å². The molecular weight excluding hydrogens is 393 g/mol. The molecule has 0 amide bonds. The molecule has 0 spiro atoms. The van der Waals surface area contributed by atoms with Crippen molar-refractivity contribution < 1.29 is 18.7 Å². The lowest BCUT2D eigenvalue weighted by atomic mass is 10.1. The summed E-state index contributed by atoms with van der Waals surface area (Å²) in [5.74, 6) is 1.50. The minimum atomic E-state index is -0.375. The molecule has 0 fully saturated rings. The average molecular weight is 413 g/mol. The highest BCUT2D eigenvalue weighted by Crippen LogP contribution is 2.27. The maximum Gasteiger partial charge on any atom is 0.192 e. The fourth-order valence-corrected chi connectivity index (χ4v) is 3.44. The number of ether oxygens (including phenoxy) is 2. The molecule has 0 saturated carbocycles. The second-order valence-corrected chi connectivity index (χ2v) is 6.90. The first kappa shape index (κ1) is 20.6. The van der Waals surface area contributed by atoms with Gasteiger partial charge in [0.25, 0.3) is 0 Å². The molecule has 3 aromatic rings. The monoisotopic (exact) mass is 413 g/mol. The van der Waals surface area contributed by atoms with Crippen molar-refractivity contribution in [2.75, 3.05) is 12.9 Å². The predicted molar refractivity (Wildman–Crippen MR) is 109 cm³/mol. The normalized spacial score (nSPS) is 10.6. The van der Waals surface area contributed by atoms with Crippen LogP contribution in [0.25, 0.3) is 0 Å². The molecule has 3 rings (SSSR count). The van der Waals surface area contributed by atoms with Crippen molar-refractivity contribution >= 4 is 17.5 Å². The van der Waals surface area contributed by atoms with Crippen molar-refractivity contribution in [2.45, 2.75) is 18.3 Å². The van der Waals surface area contributed by atoms with Crippen LogP contribution in [0.15, 0.2) is 66.3 Å². The Morgan fingerprint density at radius 3 is 2.59 bits per heavy atom. The quantitative estimate of drug-likeness (QED) is 0.282. The molecule has 0 N–H and O–H groups in total. The van der Waals surface area contributed by atoms with Gasteiger partial charge in [0.05, 0.1) is 12.9 Å². The number of aromatic nitrogens is 3. The number of rotatable bonds is 10. The number of Topliss-reactive ketones (excluding diaryl/α,β-unsaturated/α-hetero) is 1. The van der Waals surface area contributed by atoms with E-state index in [4.69, 9.17) is 9.47 Å². The summed E-state index contributed by atoms with van der Waals surface area (Å²) >= 11 is 1.26. The van der Waals surface area contributed by atoms with Crippen LogP contribution >= 0.6 is 11.8 Å². The number of hydrogen-bond acceptors (Lipinski definition) is 6. The molecule has 0 aliphatic heterocycles. The second kappa shape index (κ2) is 9.88. The van der Waals surface area contributed by atoms with Gasteiger partial charge < -0.3 is 9.47 Å². The molecule has 6 nitrogen and oxygen atoms in total. The van der Waals surface area contributed by atoms with Crippen LogP contribution < -0.4 is 9.47 Å². The van der Waals surface area contributed by atoms with Gasteiger partial charge in [-0.25, -0.2) is 4.39 Å². The standard InChI is InChI=1S/C21H20FN3O3S/c1-3-12-25-20(13-28-19-7-5-4-6-18(19)27-2)23-24-21(25)29-14-17(26)15-8-10-16(22)11-9-15/h3-11H,1,12-14H2,2H3. The molecule has 1 aromatic heterocycles. The van der Waals surface area contributed by atoms with Crippen LogP contribution in [-0.4, -0.2) is 33.4 Å². The van der Waals surface area contributed by atoms with Gasteiger partial charge in [0.2, 0.25) is 0 Å². The summed E-state index contributed by atoms with van der Waals surface area (Å²) in [5, 5.41) is 8.94. The molecule has 150 valence electrons. The molecule has 2 aromatic carbocycles. The second-order valence-electron chi connectivity index (χ2n) is 5.96. The Labute approximate surface area is 172 Å². The molecule has 29 heavy (non-hydrogen) atoms. The van der Waals surface area contributed by atoms with Crippen molar-refractivity contribution in [2.24, 2.45) is 0 Å². The van der Waals surface area contributed by atoms with Crippen LogP contribution in [0.5, 0.6) is 11.5 Å². The van der Waals surface area contributed by atoms with Gasteiger partial charge in [-0.2, -0.15) is 0 Å². The van der Waals surface area contributed by atoms with E-state index in [0.29, 0.717) is 34.6 Å². The van der Waals surface area contributed by atoms with E-state index < -0.39 is 0 Å². The van der Waals surface area contributed by atoms with Gasteiger partial charge in [-0.05, 0) is 36.4 Å². The van der Waals surface area contributed by atoms with E-state index in [1.165, 1.54) is 36.0 Å². The zero-order valence-electron chi connectivity index (χ0n) is 15.9. The molecule has 0 aliphatic rings. The first-order valence-corrected chi connectivity index (χ1v) is 9.81. The van der Waals surface area contributed by atoms with Gasteiger partial charge >= 0.3 is 0 Å². The molecule has 1 heterocycles. The number of hydrogen-bond donors (Lipinski definition) is 0. The molecule has 0 saturated heterocycles. The predicted octanol–water partition coefficient (Wildman–Crippen LogP) is 4.17. The molecule has 0 bridgehead atoms. The number of para-hydroxylation sites is 2. The molecule has 0 radical (unpaired) electrons. The number of halogens is 1. The van der Waals surface area contributed by atoms with Crippen LogP contribution in [-0.2, 0) is 13.2 Å². The number of methoxy groups -OCH3 is 1. The Morgan fingerprint density at radius 2 is 1.90 bits per heavy atom. The fourth-order valence-electron chi connectivity index (χ4n) is 2.57. The highest BCUT2D eigenvalue weighted by atomic mass is 32.2. The number of carbonyl (C=O) groups is 1. The summed E-state index contributed by atoms with van der Waals surface area (Å²) in [6.07, 6.45) is 1.72. The maximum atomic E-state index is 13.0. The summed E-state index contributed by atoms with van der Waals surface area (Å²) in [7, 11) is 1.58. The van der Waals surface area contributed by atoms with Crippen molar-refractivity contribution in [3.05, 3.63) is 78.4 Å². The summed E-state index contributed by atoms with van der Waals surface area (Å²) in [4.78, 5) is 12.3. The van der Waals surface area contributed by atoms with Crippen molar-refractivity contribution in [3.8, 4) is 11.5 Å². The summed E-state index contributed by atoms with van der Waals surface area (Å²) < 4.78 is 26.0. The number of thioether (sulfide) groups is 1. The van der Waals surface area contributed by atoms with Crippen LogP contribution in [0.1, 0.15) is 16.2 Å². The van der Waals surface area contributed by atoms with E-state index >= 15 is 0 Å². The number of nitrogens with zero attached hydrogens (tertiary/aromatic N) is 3. The van der Waals surface area contributed by atoms with Crippen LogP contribution in [0.3, 0.4) is 0 Å². The smallest absolute Gasteiger partial charge is 0.192 e. The molecular formula is C21H20FN3O3S. The molecule has 0 atom stereocenters. The zero-order valence-corrected chi connectivity index (χ0v) is 16.7. The third-order valence-corrected chi connectivity index (χ3v) is 5.00. The Morgan fingerprint density at radius 1 is 1.17 bits per heavy atom. The van der Waals surface area contributed by atoms with E-state index in [-0.39, 0.29) is 24.0 Å². The number of ketones is 1. The third-order valence-electron chi connectivity index (χ3n) is 4.03. The lowest BCUT2D eigenvalue weighted by Gasteiger charge is -2.11. The van der Waals surface area contributed by atoms with Gasteiger partial charge in [0.15, 0.2) is 28.3 Å². The van der Waals surface area contributed by atoms with Gasteiger partial charge in [-0.1, -0.05) is 30.0 Å². The first-order chi connectivity index (χ1) is 14.1. The highest BCUT2D eigenvalue weighted by Gasteiger charge is 2.15. The Hall–Kier alpha value is -3.13. The van der Waals surface area contributed by atoms with Crippen molar-refractivity contribution in [3.63, 3.8) is 0 Å². The lowest BCUT2D eigenvalue weighted by molar-refractivity contribution is 0.102. The number of allylic oxidation sites excluding steroid dienone is 1. The molecule has 8 heteroatoms. The summed E-state index contributed by atoms with van der Waals surface area (Å²) in [6.45, 7) is 4.43. The number of benzene rings is 2. The third kappa shape index (κ3) is 5.23. The van der Waals surface area contributed by atoms with E-state index in [1.807, 2.05) is 28.8 Å². The minimum Gasteiger partial charge on any atom is -0.493 e. The Bertz CT molecular complexity index is 989. The van der Waals surface area contributed by atoms with Gasteiger partial charge in [-0.3, -0.25) is 9.36 Å². The van der Waals surface area contributed by atoms with Gasteiger partial charge in [-0.15, -0.1) is 16.8 Å². The average Bonchev–Trinajstić information content (AvgIpc) is 3.13. The van der Waals surface area contributed by atoms with Crippen molar-refractivity contribution in [1.29, 1.82) is 0 Å². The zero-order chi connectivity index (χ0) is 20.6. The largest absolute Gasteiger partial charge is 0.493 e. The van der Waals surface area contributed by atoms with E-state index in [9.17, 15) is 9.18 Å². The van der Waals surface area contributed by atoms with Crippen LogP contribution in [0.4, 0.5) is 4.39 Å². The van der Waals surface area contributed by atoms with E-state index in [2.05, 4.69) is 16.8 Å². The van der Waals surface area contributed by atoms with Gasteiger partial charge in [0.1, 0.15) is 12.4 Å². The first-order valence-electron chi connectivity index (χ1n) is 8.82. The molecule has 0 unspecified atom stereocenters.